The van der Waals surface area contributed by atoms with Crippen molar-refractivity contribution in [1.29, 1.82) is 0 Å². The lowest BCUT2D eigenvalue weighted by Gasteiger charge is -2.38. The van der Waals surface area contributed by atoms with Crippen molar-refractivity contribution in [3.63, 3.8) is 0 Å². The minimum absolute atomic E-state index is 0.0323. The van der Waals surface area contributed by atoms with E-state index in [-0.39, 0.29) is 17.4 Å². The molecule has 98 valence electrons. The van der Waals surface area contributed by atoms with Gasteiger partial charge in [0.1, 0.15) is 11.6 Å². The summed E-state index contributed by atoms with van der Waals surface area (Å²) in [5.74, 6) is -1.74. The number of hydrogen-bond donors (Lipinski definition) is 0. The number of Topliss-reactive ketones (excluding diaryl/α,β-unsaturated/α-hetero) is 1. The Labute approximate surface area is 106 Å². The molecule has 4 heteroatoms. The number of carbonyl (C=O) groups is 1. The average molecular weight is 253 g/mol. The number of carbonyl (C=O) groups excluding carboxylic acids is 1. The number of ketones is 1. The molecule has 1 fully saturated rings. The summed E-state index contributed by atoms with van der Waals surface area (Å²) >= 11 is 0. The SMILES string of the molecule is CC(C(=O)c1ccc(F)cc1F)N(C)C1CCC1. The van der Waals surface area contributed by atoms with Crippen LogP contribution in [0.4, 0.5) is 8.78 Å². The first-order valence-corrected chi connectivity index (χ1v) is 6.22. The molecule has 0 N–H and O–H groups in total. The van der Waals surface area contributed by atoms with Crippen molar-refractivity contribution in [3.05, 3.63) is 35.4 Å². The summed E-state index contributed by atoms with van der Waals surface area (Å²) in [7, 11) is 1.88. The van der Waals surface area contributed by atoms with E-state index in [9.17, 15) is 13.6 Å². The van der Waals surface area contributed by atoms with E-state index in [1.807, 2.05) is 11.9 Å². The van der Waals surface area contributed by atoms with Crippen LogP contribution in [0.1, 0.15) is 36.5 Å². The van der Waals surface area contributed by atoms with Gasteiger partial charge in [-0.05, 0) is 38.9 Å². The van der Waals surface area contributed by atoms with E-state index in [0.29, 0.717) is 6.04 Å². The van der Waals surface area contributed by atoms with Crippen LogP contribution in [0.3, 0.4) is 0 Å². The van der Waals surface area contributed by atoms with E-state index in [1.165, 1.54) is 12.5 Å². The maximum Gasteiger partial charge on any atom is 0.182 e. The minimum atomic E-state index is -0.783. The van der Waals surface area contributed by atoms with Crippen LogP contribution in [-0.4, -0.2) is 29.8 Å². The van der Waals surface area contributed by atoms with Crippen LogP contribution in [-0.2, 0) is 0 Å². The molecule has 1 aliphatic carbocycles. The van der Waals surface area contributed by atoms with Gasteiger partial charge in [-0.3, -0.25) is 9.69 Å². The second-order valence-electron chi connectivity index (χ2n) is 4.91. The van der Waals surface area contributed by atoms with Crippen molar-refractivity contribution < 1.29 is 13.6 Å². The average Bonchev–Trinajstić information content (AvgIpc) is 2.24. The predicted octanol–water partition coefficient (Wildman–Crippen LogP) is 3.02. The molecule has 0 spiro atoms. The van der Waals surface area contributed by atoms with Gasteiger partial charge in [0, 0.05) is 12.1 Å². The Balaban J connectivity index is 2.14. The van der Waals surface area contributed by atoms with Crippen molar-refractivity contribution in [3.8, 4) is 0 Å². The molecule has 1 saturated carbocycles. The van der Waals surface area contributed by atoms with Gasteiger partial charge in [0.25, 0.3) is 0 Å². The van der Waals surface area contributed by atoms with Gasteiger partial charge in [-0.1, -0.05) is 6.42 Å². The van der Waals surface area contributed by atoms with Gasteiger partial charge < -0.3 is 0 Å². The molecule has 2 rings (SSSR count). The highest BCUT2D eigenvalue weighted by Gasteiger charge is 2.30. The van der Waals surface area contributed by atoms with Crippen LogP contribution < -0.4 is 0 Å². The highest BCUT2D eigenvalue weighted by atomic mass is 19.1. The van der Waals surface area contributed by atoms with Gasteiger partial charge in [0.05, 0.1) is 11.6 Å². The number of benzene rings is 1. The Kier molecular flexibility index (Phi) is 3.76. The zero-order chi connectivity index (χ0) is 13.3. The van der Waals surface area contributed by atoms with E-state index in [4.69, 9.17) is 0 Å². The zero-order valence-corrected chi connectivity index (χ0v) is 10.6. The lowest BCUT2D eigenvalue weighted by atomic mass is 9.90. The standard InChI is InChI=1S/C14H17F2NO/c1-9(17(2)11-4-3-5-11)14(18)12-7-6-10(15)8-13(12)16/h6-9,11H,3-5H2,1-2H3. The Hall–Kier alpha value is -1.29. The molecule has 0 saturated heterocycles. The van der Waals surface area contributed by atoms with E-state index in [2.05, 4.69) is 0 Å². The summed E-state index contributed by atoms with van der Waals surface area (Å²) in [6, 6.07) is 3.12. The topological polar surface area (TPSA) is 20.3 Å². The molecule has 1 atom stereocenters. The van der Waals surface area contributed by atoms with E-state index in [0.717, 1.165) is 25.0 Å². The second kappa shape index (κ2) is 5.14. The van der Waals surface area contributed by atoms with Crippen molar-refractivity contribution in [1.82, 2.24) is 4.90 Å². The molecule has 1 aromatic rings. The van der Waals surface area contributed by atoms with Crippen molar-refractivity contribution in [2.75, 3.05) is 7.05 Å². The fraction of sp³-hybridized carbons (Fsp3) is 0.500. The van der Waals surface area contributed by atoms with Gasteiger partial charge in [-0.2, -0.15) is 0 Å². The molecular formula is C14H17F2NO. The minimum Gasteiger partial charge on any atom is -0.294 e. The van der Waals surface area contributed by atoms with Crippen LogP contribution in [0.2, 0.25) is 0 Å². The molecule has 0 aromatic heterocycles. The molecule has 0 aliphatic heterocycles. The maximum absolute atomic E-state index is 13.5. The summed E-state index contributed by atoms with van der Waals surface area (Å²) in [6.07, 6.45) is 3.35. The molecule has 0 radical (unpaired) electrons. The Morgan fingerprint density at radius 2 is 2.06 bits per heavy atom. The summed E-state index contributed by atoms with van der Waals surface area (Å²) in [5, 5.41) is 0. The number of halogens is 2. The molecule has 2 nitrogen and oxygen atoms in total. The highest BCUT2D eigenvalue weighted by Crippen LogP contribution is 2.26. The molecule has 1 unspecified atom stereocenters. The predicted molar refractivity (Wildman–Crippen MR) is 65.6 cm³/mol. The van der Waals surface area contributed by atoms with Gasteiger partial charge in [-0.25, -0.2) is 8.78 Å². The molecular weight excluding hydrogens is 236 g/mol. The quantitative estimate of drug-likeness (QED) is 0.769. The van der Waals surface area contributed by atoms with Crippen LogP contribution in [0.15, 0.2) is 18.2 Å². The Morgan fingerprint density at radius 1 is 1.39 bits per heavy atom. The Morgan fingerprint density at radius 3 is 2.56 bits per heavy atom. The molecule has 1 aromatic carbocycles. The van der Waals surface area contributed by atoms with Crippen LogP contribution in [0.25, 0.3) is 0 Å². The number of rotatable bonds is 4. The summed E-state index contributed by atoms with van der Waals surface area (Å²) < 4.78 is 26.3. The first kappa shape index (κ1) is 13.1. The van der Waals surface area contributed by atoms with Gasteiger partial charge in [0.15, 0.2) is 5.78 Å². The maximum atomic E-state index is 13.5. The van der Waals surface area contributed by atoms with E-state index < -0.39 is 11.6 Å². The van der Waals surface area contributed by atoms with Crippen molar-refractivity contribution >= 4 is 5.78 Å². The Bertz CT molecular complexity index is 457. The first-order chi connectivity index (χ1) is 8.50. The molecule has 0 amide bonds. The van der Waals surface area contributed by atoms with Crippen LogP contribution in [0, 0.1) is 11.6 Å². The molecule has 1 aliphatic rings. The number of hydrogen-bond acceptors (Lipinski definition) is 2. The fourth-order valence-corrected chi connectivity index (χ4v) is 2.21. The van der Waals surface area contributed by atoms with Crippen molar-refractivity contribution in [2.24, 2.45) is 0 Å². The summed E-state index contributed by atoms with van der Waals surface area (Å²) in [4.78, 5) is 14.1. The summed E-state index contributed by atoms with van der Waals surface area (Å²) in [6.45, 7) is 1.77. The monoisotopic (exact) mass is 253 g/mol. The normalized spacial score (nSPS) is 17.6. The zero-order valence-electron chi connectivity index (χ0n) is 10.6. The third-order valence-corrected chi connectivity index (χ3v) is 3.84. The second-order valence-corrected chi connectivity index (χ2v) is 4.91. The third kappa shape index (κ3) is 2.43. The first-order valence-electron chi connectivity index (χ1n) is 6.22. The highest BCUT2D eigenvalue weighted by molar-refractivity contribution is 6.00. The van der Waals surface area contributed by atoms with Gasteiger partial charge in [-0.15, -0.1) is 0 Å². The number of nitrogens with zero attached hydrogens (tertiary/aromatic N) is 1. The molecule has 0 bridgehead atoms. The lowest BCUT2D eigenvalue weighted by Crippen LogP contribution is -2.46. The largest absolute Gasteiger partial charge is 0.294 e. The fourth-order valence-electron chi connectivity index (χ4n) is 2.21. The van der Waals surface area contributed by atoms with Gasteiger partial charge in [0.2, 0.25) is 0 Å². The summed E-state index contributed by atoms with van der Waals surface area (Å²) in [5.41, 5.74) is -0.0323. The van der Waals surface area contributed by atoms with Crippen molar-refractivity contribution in [2.45, 2.75) is 38.3 Å². The smallest absolute Gasteiger partial charge is 0.182 e. The van der Waals surface area contributed by atoms with Crippen LogP contribution >= 0.6 is 0 Å². The molecule has 18 heavy (non-hydrogen) atoms. The lowest BCUT2D eigenvalue weighted by molar-refractivity contribution is 0.0719. The van der Waals surface area contributed by atoms with E-state index in [1.54, 1.807) is 6.92 Å². The molecule has 0 heterocycles. The number of likely N-dealkylation sites (N-methyl/N-ethyl adjacent to an activating group) is 1. The van der Waals surface area contributed by atoms with Crippen LogP contribution in [0.5, 0.6) is 0 Å². The van der Waals surface area contributed by atoms with Gasteiger partial charge >= 0.3 is 0 Å². The van der Waals surface area contributed by atoms with E-state index >= 15 is 0 Å². The third-order valence-electron chi connectivity index (χ3n) is 3.84.